The fourth-order valence-electron chi connectivity index (χ4n) is 4.63. The highest BCUT2D eigenvalue weighted by molar-refractivity contribution is 7.13. The molecular formula is C28H25ClN2O3S. The normalized spacial score (nSPS) is 15.1. The van der Waals surface area contributed by atoms with Gasteiger partial charge in [0.25, 0.3) is 5.56 Å². The molecule has 2 aromatic heterocycles. The van der Waals surface area contributed by atoms with Crippen molar-refractivity contribution in [3.05, 3.63) is 91.7 Å². The fraction of sp³-hybridized carbons (Fsp3) is 0.250. The van der Waals surface area contributed by atoms with Crippen molar-refractivity contribution in [2.75, 3.05) is 0 Å². The minimum Gasteiger partial charge on any atom is -0.459 e. The van der Waals surface area contributed by atoms with Crippen molar-refractivity contribution < 1.29 is 9.53 Å². The number of thiazole rings is 1. The first-order valence-corrected chi connectivity index (χ1v) is 13.0. The molecule has 0 aliphatic carbocycles. The van der Waals surface area contributed by atoms with Crippen molar-refractivity contribution in [3.63, 3.8) is 0 Å². The lowest BCUT2D eigenvalue weighted by Gasteiger charge is -2.27. The van der Waals surface area contributed by atoms with E-state index >= 15 is 0 Å². The van der Waals surface area contributed by atoms with Crippen LogP contribution < -0.4 is 5.56 Å². The zero-order valence-corrected chi connectivity index (χ0v) is 21.4. The molecule has 0 radical (unpaired) electrons. The minimum atomic E-state index is -0.407. The van der Waals surface area contributed by atoms with Crippen LogP contribution >= 0.6 is 22.9 Å². The number of aryl methyl sites for hydroxylation is 2. The summed E-state index contributed by atoms with van der Waals surface area (Å²) in [7, 11) is 0. The number of ether oxygens (including phenoxy) is 1. The molecule has 5 rings (SSSR count). The molecule has 1 aliphatic rings. The number of hydrogen-bond donors (Lipinski definition) is 0. The number of aromatic nitrogens is 2. The number of benzene rings is 2. The van der Waals surface area contributed by atoms with Gasteiger partial charge in [0, 0.05) is 28.1 Å². The van der Waals surface area contributed by atoms with E-state index in [0.29, 0.717) is 33.3 Å². The molecular weight excluding hydrogens is 480 g/mol. The summed E-state index contributed by atoms with van der Waals surface area (Å²) in [5.41, 5.74) is 6.03. The van der Waals surface area contributed by atoms with Crippen LogP contribution in [-0.4, -0.2) is 21.6 Å². The molecule has 1 atom stereocenters. The summed E-state index contributed by atoms with van der Waals surface area (Å²) in [6, 6.07) is 15.2. The van der Waals surface area contributed by atoms with E-state index in [9.17, 15) is 9.59 Å². The number of pyridine rings is 1. The second-order valence-electron chi connectivity index (χ2n) is 8.66. The zero-order valence-electron chi connectivity index (χ0n) is 19.8. The highest BCUT2D eigenvalue weighted by Gasteiger charge is 2.31. The van der Waals surface area contributed by atoms with Crippen LogP contribution in [0.15, 0.2) is 58.7 Å². The monoisotopic (exact) mass is 504 g/mol. The molecule has 1 aliphatic heterocycles. The molecule has 0 fully saturated rings. The standard InChI is InChI=1S/C28H25ClN2O3S/c1-4-17-7-6-8-18(5-2)25(17)31-24-13-16(3)34-28(33)21(24)14-22(27(31)32)26-30-23(15-35-26)19-9-11-20(29)12-10-19/h6-12,14-16H,4-5,13H2,1-3H3. The average molecular weight is 505 g/mol. The van der Waals surface area contributed by atoms with Gasteiger partial charge in [-0.15, -0.1) is 11.3 Å². The molecule has 5 nitrogen and oxygen atoms in total. The van der Waals surface area contributed by atoms with E-state index < -0.39 is 5.97 Å². The number of nitrogens with zero attached hydrogens (tertiary/aromatic N) is 2. The van der Waals surface area contributed by atoms with Gasteiger partial charge in [-0.1, -0.05) is 55.8 Å². The summed E-state index contributed by atoms with van der Waals surface area (Å²) in [4.78, 5) is 31.9. The molecule has 1 unspecified atom stereocenters. The lowest BCUT2D eigenvalue weighted by molar-refractivity contribution is 0.0294. The third kappa shape index (κ3) is 4.21. The number of carbonyl (C=O) groups excluding carboxylic acids is 1. The number of fused-ring (bicyclic) bond motifs is 1. The summed E-state index contributed by atoms with van der Waals surface area (Å²) in [6.45, 7) is 6.01. The lowest BCUT2D eigenvalue weighted by atomic mass is 9.98. The topological polar surface area (TPSA) is 61.2 Å². The number of carbonyl (C=O) groups is 1. The fourth-order valence-corrected chi connectivity index (χ4v) is 5.60. The summed E-state index contributed by atoms with van der Waals surface area (Å²) < 4.78 is 7.30. The predicted molar refractivity (Wildman–Crippen MR) is 141 cm³/mol. The number of rotatable bonds is 5. The van der Waals surface area contributed by atoms with Gasteiger partial charge in [-0.25, -0.2) is 9.78 Å². The number of para-hydroxylation sites is 1. The average Bonchev–Trinajstić information content (AvgIpc) is 3.34. The smallest absolute Gasteiger partial charge is 0.340 e. The van der Waals surface area contributed by atoms with Gasteiger partial charge in [-0.3, -0.25) is 9.36 Å². The summed E-state index contributed by atoms with van der Waals surface area (Å²) in [5, 5.41) is 3.13. The molecule has 2 aromatic carbocycles. The molecule has 0 bridgehead atoms. The molecule has 0 amide bonds. The molecule has 0 N–H and O–H groups in total. The van der Waals surface area contributed by atoms with Crippen LogP contribution in [0.25, 0.3) is 27.5 Å². The van der Waals surface area contributed by atoms with Gasteiger partial charge in [-0.2, -0.15) is 0 Å². The Bertz CT molecular complexity index is 1470. The molecule has 35 heavy (non-hydrogen) atoms. The van der Waals surface area contributed by atoms with Crippen LogP contribution in [0.5, 0.6) is 0 Å². The Balaban J connectivity index is 1.77. The van der Waals surface area contributed by atoms with E-state index in [1.165, 1.54) is 11.3 Å². The maximum Gasteiger partial charge on any atom is 0.340 e. The van der Waals surface area contributed by atoms with Gasteiger partial charge >= 0.3 is 5.97 Å². The minimum absolute atomic E-state index is 0.168. The maximum atomic E-state index is 14.1. The Morgan fingerprint density at radius 1 is 1.06 bits per heavy atom. The Hall–Kier alpha value is -3.22. The van der Waals surface area contributed by atoms with Gasteiger partial charge in [0.1, 0.15) is 11.1 Å². The van der Waals surface area contributed by atoms with Crippen LogP contribution in [0.2, 0.25) is 5.02 Å². The largest absolute Gasteiger partial charge is 0.459 e. The Kier molecular flexibility index (Phi) is 6.34. The van der Waals surface area contributed by atoms with E-state index in [1.807, 2.05) is 54.8 Å². The van der Waals surface area contributed by atoms with E-state index in [-0.39, 0.29) is 11.7 Å². The van der Waals surface area contributed by atoms with Gasteiger partial charge < -0.3 is 4.74 Å². The SMILES string of the molecule is CCc1cccc(CC)c1-n1c2c(cc(-c3nc(-c4ccc(Cl)cc4)cs3)c1=O)C(=O)OC(C)C2. The van der Waals surface area contributed by atoms with Crippen molar-refractivity contribution >= 4 is 28.9 Å². The molecule has 7 heteroatoms. The lowest BCUT2D eigenvalue weighted by Crippen LogP contribution is -2.34. The van der Waals surface area contributed by atoms with Crippen molar-refractivity contribution in [1.82, 2.24) is 9.55 Å². The summed E-state index contributed by atoms with van der Waals surface area (Å²) in [6.07, 6.45) is 1.71. The quantitative estimate of drug-likeness (QED) is 0.291. The van der Waals surface area contributed by atoms with Crippen LogP contribution in [0.3, 0.4) is 0 Å². The van der Waals surface area contributed by atoms with Gasteiger partial charge in [-0.05, 0) is 49.1 Å². The van der Waals surface area contributed by atoms with E-state index in [4.69, 9.17) is 21.3 Å². The van der Waals surface area contributed by atoms with Gasteiger partial charge in [0.2, 0.25) is 0 Å². The van der Waals surface area contributed by atoms with Crippen LogP contribution in [0, 0.1) is 0 Å². The van der Waals surface area contributed by atoms with Crippen molar-refractivity contribution in [2.45, 2.75) is 46.1 Å². The molecule has 3 heterocycles. The first-order chi connectivity index (χ1) is 16.9. The molecule has 0 saturated heterocycles. The van der Waals surface area contributed by atoms with Crippen LogP contribution in [0.4, 0.5) is 0 Å². The van der Waals surface area contributed by atoms with Crippen LogP contribution in [-0.2, 0) is 24.0 Å². The third-order valence-electron chi connectivity index (χ3n) is 6.38. The van der Waals surface area contributed by atoms with Crippen molar-refractivity contribution in [3.8, 4) is 27.5 Å². The Labute approximate surface area is 213 Å². The summed E-state index contributed by atoms with van der Waals surface area (Å²) in [5.74, 6) is -0.407. The van der Waals surface area contributed by atoms with Gasteiger partial charge in [0.15, 0.2) is 0 Å². The first kappa shape index (κ1) is 23.5. The van der Waals surface area contributed by atoms with E-state index in [2.05, 4.69) is 13.8 Å². The molecule has 0 saturated carbocycles. The van der Waals surface area contributed by atoms with Gasteiger partial charge in [0.05, 0.1) is 22.5 Å². The van der Waals surface area contributed by atoms with E-state index in [1.54, 1.807) is 10.6 Å². The first-order valence-electron chi connectivity index (χ1n) is 11.7. The highest BCUT2D eigenvalue weighted by atomic mass is 35.5. The molecule has 0 spiro atoms. The number of cyclic esters (lactones) is 1. The molecule has 4 aromatic rings. The van der Waals surface area contributed by atoms with Crippen molar-refractivity contribution in [1.29, 1.82) is 0 Å². The second-order valence-corrected chi connectivity index (χ2v) is 9.95. The third-order valence-corrected chi connectivity index (χ3v) is 7.50. The summed E-state index contributed by atoms with van der Waals surface area (Å²) >= 11 is 7.41. The highest BCUT2D eigenvalue weighted by Crippen LogP contribution is 2.32. The van der Waals surface area contributed by atoms with Crippen molar-refractivity contribution in [2.24, 2.45) is 0 Å². The Morgan fingerprint density at radius 2 is 1.74 bits per heavy atom. The van der Waals surface area contributed by atoms with E-state index in [0.717, 1.165) is 40.9 Å². The second kappa shape index (κ2) is 9.44. The maximum absolute atomic E-state index is 14.1. The number of esters is 1. The zero-order chi connectivity index (χ0) is 24.7. The molecule has 178 valence electrons. The number of hydrogen-bond acceptors (Lipinski definition) is 5. The van der Waals surface area contributed by atoms with Crippen LogP contribution in [0.1, 0.15) is 48.0 Å². The Morgan fingerprint density at radius 3 is 2.40 bits per heavy atom. The number of halogens is 1. The predicted octanol–water partition coefficient (Wildman–Crippen LogP) is 6.51.